The van der Waals surface area contributed by atoms with Crippen molar-refractivity contribution in [3.05, 3.63) is 58.3 Å². The monoisotopic (exact) mass is 286 g/mol. The maximum absolute atomic E-state index is 13.2. The maximum Gasteiger partial charge on any atom is 0.323 e. The fourth-order valence-corrected chi connectivity index (χ4v) is 2.06. The topological polar surface area (TPSA) is 104 Å². The minimum atomic E-state index is -0.578. The SMILES string of the molecule is Nc1cc(F)cc(C(=O)Nc2ccc3[nH]c(=O)[nH]c3c2)c1. The Morgan fingerprint density at radius 2 is 1.86 bits per heavy atom. The molecule has 6 nitrogen and oxygen atoms in total. The molecule has 1 amide bonds. The van der Waals surface area contributed by atoms with E-state index >= 15 is 0 Å². The lowest BCUT2D eigenvalue weighted by molar-refractivity contribution is 0.102. The molecule has 0 spiro atoms. The van der Waals surface area contributed by atoms with E-state index < -0.39 is 11.7 Å². The number of carbonyl (C=O) groups is 1. The first kappa shape index (κ1) is 12.9. The minimum absolute atomic E-state index is 0.121. The summed E-state index contributed by atoms with van der Waals surface area (Å²) in [6.07, 6.45) is 0. The quantitative estimate of drug-likeness (QED) is 0.540. The van der Waals surface area contributed by atoms with E-state index in [4.69, 9.17) is 5.73 Å². The van der Waals surface area contributed by atoms with Gasteiger partial charge in [-0.15, -0.1) is 0 Å². The van der Waals surface area contributed by atoms with E-state index in [2.05, 4.69) is 15.3 Å². The number of aromatic nitrogens is 2. The van der Waals surface area contributed by atoms with Crippen LogP contribution in [0.15, 0.2) is 41.2 Å². The number of nitrogens with two attached hydrogens (primary N) is 1. The predicted octanol–water partition coefficient (Wildman–Crippen LogP) is 1.83. The molecule has 0 atom stereocenters. The van der Waals surface area contributed by atoms with Crippen LogP contribution >= 0.6 is 0 Å². The van der Waals surface area contributed by atoms with Gasteiger partial charge in [0.25, 0.3) is 5.91 Å². The number of imidazole rings is 1. The zero-order chi connectivity index (χ0) is 15.0. The third-order valence-corrected chi connectivity index (χ3v) is 2.96. The molecule has 0 unspecified atom stereocenters. The molecular weight excluding hydrogens is 275 g/mol. The molecule has 0 saturated heterocycles. The van der Waals surface area contributed by atoms with Gasteiger partial charge in [0, 0.05) is 16.9 Å². The highest BCUT2D eigenvalue weighted by molar-refractivity contribution is 6.05. The third-order valence-electron chi connectivity index (χ3n) is 2.96. The van der Waals surface area contributed by atoms with Crippen LogP contribution in [0.25, 0.3) is 11.0 Å². The molecule has 5 N–H and O–H groups in total. The molecular formula is C14H11FN4O2. The second-order valence-electron chi connectivity index (χ2n) is 4.57. The molecule has 0 bridgehead atoms. The average Bonchev–Trinajstić information content (AvgIpc) is 2.77. The lowest BCUT2D eigenvalue weighted by atomic mass is 10.1. The van der Waals surface area contributed by atoms with Crippen molar-refractivity contribution in [3.63, 3.8) is 0 Å². The number of benzene rings is 2. The lowest BCUT2D eigenvalue weighted by Gasteiger charge is -2.06. The molecule has 3 aromatic rings. The number of H-pyrrole nitrogens is 2. The van der Waals surface area contributed by atoms with Crippen LogP contribution in [-0.4, -0.2) is 15.9 Å². The van der Waals surface area contributed by atoms with E-state index in [-0.39, 0.29) is 16.9 Å². The Kier molecular flexibility index (Phi) is 2.94. The average molecular weight is 286 g/mol. The van der Waals surface area contributed by atoms with Crippen LogP contribution in [0.3, 0.4) is 0 Å². The number of halogens is 1. The summed E-state index contributed by atoms with van der Waals surface area (Å²) in [4.78, 5) is 28.4. The molecule has 7 heteroatoms. The van der Waals surface area contributed by atoms with Crippen LogP contribution < -0.4 is 16.7 Å². The van der Waals surface area contributed by atoms with Crippen molar-refractivity contribution in [1.82, 2.24) is 9.97 Å². The molecule has 0 radical (unpaired) electrons. The van der Waals surface area contributed by atoms with E-state index in [0.29, 0.717) is 16.7 Å². The molecule has 2 aromatic carbocycles. The summed E-state index contributed by atoms with van der Waals surface area (Å²) in [6.45, 7) is 0. The van der Waals surface area contributed by atoms with Crippen molar-refractivity contribution in [1.29, 1.82) is 0 Å². The first-order valence-corrected chi connectivity index (χ1v) is 6.11. The van der Waals surface area contributed by atoms with Crippen molar-refractivity contribution < 1.29 is 9.18 Å². The Labute approximate surface area is 117 Å². The number of fused-ring (bicyclic) bond motifs is 1. The second-order valence-corrected chi connectivity index (χ2v) is 4.57. The molecule has 1 aromatic heterocycles. The molecule has 106 valence electrons. The Hall–Kier alpha value is -3.09. The first-order valence-electron chi connectivity index (χ1n) is 6.11. The van der Waals surface area contributed by atoms with E-state index in [1.807, 2.05) is 0 Å². The van der Waals surface area contributed by atoms with Gasteiger partial charge in [-0.2, -0.15) is 0 Å². The number of hydrogen-bond acceptors (Lipinski definition) is 3. The maximum atomic E-state index is 13.2. The van der Waals surface area contributed by atoms with Crippen LogP contribution in [0.2, 0.25) is 0 Å². The fraction of sp³-hybridized carbons (Fsp3) is 0. The van der Waals surface area contributed by atoms with E-state index in [9.17, 15) is 14.0 Å². The smallest absolute Gasteiger partial charge is 0.323 e. The van der Waals surface area contributed by atoms with Gasteiger partial charge in [0.15, 0.2) is 0 Å². The molecule has 0 saturated carbocycles. The number of rotatable bonds is 2. The van der Waals surface area contributed by atoms with Gasteiger partial charge in [0.2, 0.25) is 0 Å². The van der Waals surface area contributed by atoms with Crippen molar-refractivity contribution in [2.75, 3.05) is 11.1 Å². The van der Waals surface area contributed by atoms with E-state index in [0.717, 1.165) is 12.1 Å². The number of amides is 1. The van der Waals surface area contributed by atoms with E-state index in [1.54, 1.807) is 18.2 Å². The summed E-state index contributed by atoms with van der Waals surface area (Å²) in [5, 5.41) is 2.62. The Morgan fingerprint density at radius 3 is 2.62 bits per heavy atom. The predicted molar refractivity (Wildman–Crippen MR) is 77.7 cm³/mol. The van der Waals surface area contributed by atoms with E-state index in [1.165, 1.54) is 6.07 Å². The summed E-state index contributed by atoms with van der Waals surface area (Å²) < 4.78 is 13.2. The van der Waals surface area contributed by atoms with Crippen molar-refractivity contribution in [2.24, 2.45) is 0 Å². The largest absolute Gasteiger partial charge is 0.399 e. The van der Waals surface area contributed by atoms with Gasteiger partial charge in [-0.3, -0.25) is 4.79 Å². The molecule has 1 heterocycles. The summed E-state index contributed by atoms with van der Waals surface area (Å²) >= 11 is 0. The number of nitrogen functional groups attached to an aromatic ring is 1. The van der Waals surface area contributed by atoms with Gasteiger partial charge in [0.1, 0.15) is 5.82 Å². The van der Waals surface area contributed by atoms with Crippen molar-refractivity contribution in [3.8, 4) is 0 Å². The van der Waals surface area contributed by atoms with Gasteiger partial charge >= 0.3 is 5.69 Å². The van der Waals surface area contributed by atoms with Crippen LogP contribution in [0.1, 0.15) is 10.4 Å². The highest BCUT2D eigenvalue weighted by atomic mass is 19.1. The minimum Gasteiger partial charge on any atom is -0.399 e. The first-order chi connectivity index (χ1) is 10.0. The summed E-state index contributed by atoms with van der Waals surface area (Å²) in [5.74, 6) is -1.07. The van der Waals surface area contributed by atoms with Gasteiger partial charge in [-0.1, -0.05) is 0 Å². The van der Waals surface area contributed by atoms with Crippen molar-refractivity contribution >= 4 is 28.3 Å². The van der Waals surface area contributed by atoms with Crippen molar-refractivity contribution in [2.45, 2.75) is 0 Å². The summed E-state index contributed by atoms with van der Waals surface area (Å²) in [6, 6.07) is 8.51. The molecule has 0 aliphatic rings. The summed E-state index contributed by atoms with van der Waals surface area (Å²) in [7, 11) is 0. The number of aromatic amines is 2. The van der Waals surface area contributed by atoms with Gasteiger partial charge < -0.3 is 21.0 Å². The van der Waals surface area contributed by atoms with Crippen LogP contribution in [0.5, 0.6) is 0 Å². The second kappa shape index (κ2) is 4.78. The Balaban J connectivity index is 1.90. The number of carbonyl (C=O) groups excluding carboxylic acids is 1. The van der Waals surface area contributed by atoms with Crippen LogP contribution in [0.4, 0.5) is 15.8 Å². The Bertz CT molecular complexity index is 877. The fourth-order valence-electron chi connectivity index (χ4n) is 2.06. The normalized spacial score (nSPS) is 10.7. The standard InChI is InChI=1S/C14H11FN4O2/c15-8-3-7(4-9(16)5-8)13(20)17-10-1-2-11-12(6-10)19-14(21)18-11/h1-6H,16H2,(H,17,20)(H2,18,19,21). The number of nitrogens with one attached hydrogen (secondary N) is 3. The highest BCUT2D eigenvalue weighted by Crippen LogP contribution is 2.17. The molecule has 21 heavy (non-hydrogen) atoms. The highest BCUT2D eigenvalue weighted by Gasteiger charge is 2.09. The third kappa shape index (κ3) is 2.62. The zero-order valence-electron chi connectivity index (χ0n) is 10.7. The number of hydrogen-bond donors (Lipinski definition) is 4. The summed E-state index contributed by atoms with van der Waals surface area (Å²) in [5.41, 5.74) is 7.14. The lowest BCUT2D eigenvalue weighted by Crippen LogP contribution is -2.12. The van der Waals surface area contributed by atoms with Crippen LogP contribution in [0, 0.1) is 5.82 Å². The van der Waals surface area contributed by atoms with Gasteiger partial charge in [-0.05, 0) is 36.4 Å². The molecule has 0 fully saturated rings. The molecule has 0 aliphatic heterocycles. The molecule has 3 rings (SSSR count). The van der Waals surface area contributed by atoms with Crippen LogP contribution in [-0.2, 0) is 0 Å². The Morgan fingerprint density at radius 1 is 1.10 bits per heavy atom. The zero-order valence-corrected chi connectivity index (χ0v) is 10.7. The molecule has 0 aliphatic carbocycles. The number of anilines is 2. The van der Waals surface area contributed by atoms with Gasteiger partial charge in [-0.25, -0.2) is 9.18 Å². The van der Waals surface area contributed by atoms with Gasteiger partial charge in [0.05, 0.1) is 11.0 Å².